The lowest BCUT2D eigenvalue weighted by atomic mass is 9.96. The number of hydrogen-bond donors (Lipinski definition) is 0. The summed E-state index contributed by atoms with van der Waals surface area (Å²) in [6.07, 6.45) is 1.64. The molecular formula is C34H39Br2N3O4. The van der Waals surface area contributed by atoms with E-state index in [0.717, 1.165) is 26.9 Å². The monoisotopic (exact) mass is 711 g/mol. The smallest absolute Gasteiger partial charge is 0.282 e. The van der Waals surface area contributed by atoms with E-state index < -0.39 is 0 Å². The fourth-order valence-corrected chi connectivity index (χ4v) is 5.52. The van der Waals surface area contributed by atoms with Gasteiger partial charge in [-0.15, -0.1) is 0 Å². The second-order valence-corrected chi connectivity index (χ2v) is 13.4. The van der Waals surface area contributed by atoms with Crippen LogP contribution in [0.25, 0.3) is 22.3 Å². The molecule has 0 radical (unpaired) electrons. The molecule has 1 heterocycles. The van der Waals surface area contributed by atoms with Crippen LogP contribution < -0.4 is 19.8 Å². The van der Waals surface area contributed by atoms with Crippen molar-refractivity contribution in [2.45, 2.75) is 61.3 Å². The Morgan fingerprint density at radius 2 is 1.65 bits per heavy atom. The molecule has 4 aromatic rings. The minimum atomic E-state index is -0.262. The highest BCUT2D eigenvalue weighted by atomic mass is 79.9. The third-order valence-electron chi connectivity index (χ3n) is 6.69. The van der Waals surface area contributed by atoms with Crippen LogP contribution in [-0.4, -0.2) is 35.7 Å². The highest BCUT2D eigenvalue weighted by Gasteiger charge is 2.21. The number of nitrogens with zero attached hydrogens (tertiary/aromatic N) is 3. The van der Waals surface area contributed by atoms with Gasteiger partial charge < -0.3 is 14.2 Å². The first-order valence-electron chi connectivity index (χ1n) is 14.5. The summed E-state index contributed by atoms with van der Waals surface area (Å²) in [7, 11) is 0. The summed E-state index contributed by atoms with van der Waals surface area (Å²) in [5.41, 5.74) is 3.80. The number of benzene rings is 3. The van der Waals surface area contributed by atoms with Gasteiger partial charge in [0.15, 0.2) is 17.3 Å². The largest absolute Gasteiger partial charge is 0.494 e. The van der Waals surface area contributed by atoms with Crippen LogP contribution in [0, 0.1) is 12.3 Å². The van der Waals surface area contributed by atoms with Crippen molar-refractivity contribution in [2.24, 2.45) is 10.5 Å². The molecule has 0 aliphatic heterocycles. The fraction of sp³-hybridized carbons (Fsp3) is 0.382. The number of rotatable bonds is 10. The van der Waals surface area contributed by atoms with Gasteiger partial charge in [0.05, 0.1) is 41.4 Å². The number of para-hydroxylation sites is 1. The van der Waals surface area contributed by atoms with E-state index in [1.807, 2.05) is 51.1 Å². The molecule has 0 aliphatic rings. The fourth-order valence-electron chi connectivity index (χ4n) is 4.58. The second-order valence-electron chi connectivity index (χ2n) is 11.8. The molecule has 0 N–H and O–H groups in total. The van der Waals surface area contributed by atoms with Crippen LogP contribution in [0.5, 0.6) is 17.2 Å². The zero-order chi connectivity index (χ0) is 31.5. The summed E-state index contributed by atoms with van der Waals surface area (Å²) in [6, 6.07) is 13.3. The first-order valence-corrected chi connectivity index (χ1v) is 16.1. The van der Waals surface area contributed by atoms with E-state index in [1.165, 1.54) is 4.68 Å². The van der Waals surface area contributed by atoms with Gasteiger partial charge in [-0.05, 0) is 105 Å². The Morgan fingerprint density at radius 1 is 0.977 bits per heavy atom. The molecule has 0 amide bonds. The van der Waals surface area contributed by atoms with Crippen molar-refractivity contribution < 1.29 is 14.2 Å². The molecule has 0 atom stereocenters. The van der Waals surface area contributed by atoms with Crippen molar-refractivity contribution in [3.8, 4) is 28.6 Å². The van der Waals surface area contributed by atoms with Crippen LogP contribution in [0.15, 0.2) is 61.3 Å². The molecule has 0 bridgehead atoms. The average molecular weight is 714 g/mol. The zero-order valence-corrected chi connectivity index (χ0v) is 29.2. The molecule has 7 nitrogen and oxygen atoms in total. The first-order chi connectivity index (χ1) is 20.4. The van der Waals surface area contributed by atoms with Gasteiger partial charge >= 0.3 is 0 Å². The summed E-state index contributed by atoms with van der Waals surface area (Å²) >= 11 is 7.39. The number of hydrogen-bond acceptors (Lipinski definition) is 6. The molecule has 0 unspecified atom stereocenters. The third kappa shape index (κ3) is 7.32. The van der Waals surface area contributed by atoms with Crippen LogP contribution in [0.1, 0.15) is 71.1 Å². The van der Waals surface area contributed by atoms with Crippen LogP contribution in [-0.2, 0) is 0 Å². The highest BCUT2D eigenvalue weighted by Crippen LogP contribution is 2.43. The van der Waals surface area contributed by atoms with Crippen LogP contribution >= 0.6 is 31.9 Å². The quantitative estimate of drug-likeness (QED) is 0.153. The molecule has 0 spiro atoms. The molecule has 0 aliphatic carbocycles. The van der Waals surface area contributed by atoms with Gasteiger partial charge in [0.2, 0.25) is 0 Å². The predicted octanol–water partition coefficient (Wildman–Crippen LogP) is 9.12. The summed E-state index contributed by atoms with van der Waals surface area (Å²) in [6.45, 7) is 18.0. The van der Waals surface area contributed by atoms with Gasteiger partial charge in [-0.3, -0.25) is 4.79 Å². The zero-order valence-electron chi connectivity index (χ0n) is 26.0. The van der Waals surface area contributed by atoms with Gasteiger partial charge in [0.25, 0.3) is 5.56 Å². The summed E-state index contributed by atoms with van der Waals surface area (Å²) in [5, 5.41) is 5.22. The number of halogens is 2. The molecular weight excluding hydrogens is 674 g/mol. The number of aromatic nitrogens is 2. The minimum Gasteiger partial charge on any atom is -0.494 e. The van der Waals surface area contributed by atoms with Gasteiger partial charge in [0, 0.05) is 15.6 Å². The van der Waals surface area contributed by atoms with E-state index in [0.29, 0.717) is 58.1 Å². The first kappa shape index (κ1) is 32.7. The van der Waals surface area contributed by atoms with Gasteiger partial charge in [-0.2, -0.15) is 9.78 Å². The molecule has 1 aromatic heterocycles. The lowest BCUT2D eigenvalue weighted by Gasteiger charge is -2.22. The minimum absolute atomic E-state index is 0.0371. The van der Waals surface area contributed by atoms with Crippen molar-refractivity contribution in [2.75, 3.05) is 19.8 Å². The third-order valence-corrected chi connectivity index (χ3v) is 8.83. The number of fused-ring (bicyclic) bond motifs is 1. The van der Waals surface area contributed by atoms with E-state index in [2.05, 4.69) is 72.5 Å². The number of ether oxygens (including phenoxy) is 3. The van der Waals surface area contributed by atoms with Gasteiger partial charge in [-0.1, -0.05) is 46.8 Å². The molecule has 0 saturated carbocycles. The molecule has 9 heteroatoms. The molecule has 228 valence electrons. The van der Waals surface area contributed by atoms with E-state index >= 15 is 0 Å². The van der Waals surface area contributed by atoms with Gasteiger partial charge in [-0.25, -0.2) is 4.98 Å². The molecule has 4 rings (SSSR count). The lowest BCUT2D eigenvalue weighted by Crippen LogP contribution is -2.21. The molecule has 43 heavy (non-hydrogen) atoms. The van der Waals surface area contributed by atoms with Crippen molar-refractivity contribution >= 4 is 49.0 Å². The Hall–Kier alpha value is -3.17. The van der Waals surface area contributed by atoms with Crippen LogP contribution in [0.2, 0.25) is 0 Å². The maximum Gasteiger partial charge on any atom is 0.282 e. The Bertz CT molecular complexity index is 1720. The average Bonchev–Trinajstić information content (AvgIpc) is 2.94. The standard InChI is InChI=1S/C34H39Br2N3O4/c1-9-41-27-15-21(5)25(17-24(27)20(3)4)32-38-26-14-12-11-13-23(26)33(40)39(32)37-18-22-16-28(42-10-2)31(30(36)29(22)35)43-19-34(6,7)8/h11-18,20H,9-10,19H2,1-8H3. The van der Waals surface area contributed by atoms with Crippen LogP contribution in [0.4, 0.5) is 0 Å². The SMILES string of the molecule is CCOc1cc(C)c(-c2nc3ccccc3c(=O)n2N=Cc2cc(OCC)c(OCC(C)(C)C)c(Br)c2Br)cc1C(C)C. The van der Waals surface area contributed by atoms with E-state index in [-0.39, 0.29) is 16.9 Å². The summed E-state index contributed by atoms with van der Waals surface area (Å²) in [4.78, 5) is 18.9. The maximum atomic E-state index is 13.9. The molecule has 0 saturated heterocycles. The van der Waals surface area contributed by atoms with E-state index in [9.17, 15) is 4.79 Å². The van der Waals surface area contributed by atoms with E-state index in [4.69, 9.17) is 24.3 Å². The summed E-state index contributed by atoms with van der Waals surface area (Å²) < 4.78 is 20.9. The highest BCUT2D eigenvalue weighted by molar-refractivity contribution is 9.13. The Morgan fingerprint density at radius 3 is 2.30 bits per heavy atom. The van der Waals surface area contributed by atoms with Crippen molar-refractivity contribution in [3.63, 3.8) is 0 Å². The topological polar surface area (TPSA) is 74.9 Å². The normalized spacial score (nSPS) is 12.0. The van der Waals surface area contributed by atoms with Gasteiger partial charge in [0.1, 0.15) is 5.75 Å². The maximum absolute atomic E-state index is 13.9. The van der Waals surface area contributed by atoms with Crippen molar-refractivity contribution in [3.05, 3.63) is 78.5 Å². The second kappa shape index (κ2) is 13.6. The van der Waals surface area contributed by atoms with Crippen molar-refractivity contribution in [1.82, 2.24) is 9.66 Å². The Kier molecular flexibility index (Phi) is 10.4. The number of aryl methyl sites for hydroxylation is 1. The van der Waals surface area contributed by atoms with E-state index in [1.54, 1.807) is 12.3 Å². The summed E-state index contributed by atoms with van der Waals surface area (Å²) in [5.74, 6) is 2.68. The predicted molar refractivity (Wildman–Crippen MR) is 182 cm³/mol. The van der Waals surface area contributed by atoms with Crippen LogP contribution in [0.3, 0.4) is 0 Å². The Balaban J connectivity index is 1.92. The lowest BCUT2D eigenvalue weighted by molar-refractivity contribution is 0.187. The molecule has 0 fully saturated rings. The molecule has 3 aromatic carbocycles. The Labute approximate surface area is 270 Å². The van der Waals surface area contributed by atoms with Crippen molar-refractivity contribution in [1.29, 1.82) is 0 Å².